The van der Waals surface area contributed by atoms with E-state index in [-0.39, 0.29) is 11.3 Å². The molecular weight excluding hydrogens is 260 g/mol. The van der Waals surface area contributed by atoms with Gasteiger partial charge in [0.15, 0.2) is 0 Å². The first-order valence-electron chi connectivity index (χ1n) is 6.16. The van der Waals surface area contributed by atoms with Crippen molar-refractivity contribution in [3.05, 3.63) is 65.7 Å². The summed E-state index contributed by atoms with van der Waals surface area (Å²) in [6.45, 7) is 0. The van der Waals surface area contributed by atoms with E-state index in [1.165, 1.54) is 12.1 Å². The standard InChI is InChI=1S/C15H14O5/c16-14(17)11-8-4-5-9-12(11)20-15(18,19)13(14)10-6-2-1-3-7-10/h1-9,13,16-19H. The Labute approximate surface area is 115 Å². The third-order valence-corrected chi connectivity index (χ3v) is 3.46. The van der Waals surface area contributed by atoms with E-state index >= 15 is 0 Å². The number of rotatable bonds is 1. The molecule has 1 heterocycles. The molecule has 0 bridgehead atoms. The number of para-hydroxylation sites is 1. The largest absolute Gasteiger partial charge is 0.438 e. The number of benzene rings is 2. The molecule has 1 atom stereocenters. The molecule has 0 saturated carbocycles. The van der Waals surface area contributed by atoms with Gasteiger partial charge in [-0.3, -0.25) is 0 Å². The second-order valence-electron chi connectivity index (χ2n) is 4.83. The van der Waals surface area contributed by atoms with Crippen molar-refractivity contribution < 1.29 is 25.2 Å². The van der Waals surface area contributed by atoms with Crippen LogP contribution in [0.3, 0.4) is 0 Å². The molecule has 0 aliphatic carbocycles. The van der Waals surface area contributed by atoms with E-state index in [0.717, 1.165) is 0 Å². The number of fused-ring (bicyclic) bond motifs is 1. The van der Waals surface area contributed by atoms with Crippen molar-refractivity contribution >= 4 is 0 Å². The summed E-state index contributed by atoms with van der Waals surface area (Å²) in [6, 6.07) is 14.4. The molecule has 1 aliphatic rings. The Morgan fingerprint density at radius 2 is 1.40 bits per heavy atom. The van der Waals surface area contributed by atoms with Gasteiger partial charge in [0, 0.05) is 0 Å². The topological polar surface area (TPSA) is 90.2 Å². The highest BCUT2D eigenvalue weighted by Gasteiger charge is 2.57. The van der Waals surface area contributed by atoms with Crippen molar-refractivity contribution in [2.24, 2.45) is 0 Å². The predicted octanol–water partition coefficient (Wildman–Crippen LogP) is 0.639. The molecule has 0 aromatic heterocycles. The Bertz CT molecular complexity index is 621. The minimum atomic E-state index is -2.72. The van der Waals surface area contributed by atoms with Gasteiger partial charge < -0.3 is 25.2 Å². The molecular formula is C15H14O5. The van der Waals surface area contributed by atoms with Crippen LogP contribution in [0.2, 0.25) is 0 Å². The van der Waals surface area contributed by atoms with Gasteiger partial charge in [-0.1, -0.05) is 42.5 Å². The zero-order valence-corrected chi connectivity index (χ0v) is 10.5. The van der Waals surface area contributed by atoms with Gasteiger partial charge in [0.05, 0.1) is 5.56 Å². The molecule has 3 rings (SSSR count). The van der Waals surface area contributed by atoms with E-state index in [9.17, 15) is 20.4 Å². The Morgan fingerprint density at radius 1 is 0.800 bits per heavy atom. The quantitative estimate of drug-likeness (QED) is 0.573. The maximum atomic E-state index is 10.4. The maximum absolute atomic E-state index is 10.4. The number of hydrogen-bond donors (Lipinski definition) is 4. The summed E-state index contributed by atoms with van der Waals surface area (Å²) in [5.41, 5.74) is 0.435. The maximum Gasteiger partial charge on any atom is 0.334 e. The fourth-order valence-electron chi connectivity index (χ4n) is 2.59. The lowest BCUT2D eigenvalue weighted by molar-refractivity contribution is -0.370. The highest BCUT2D eigenvalue weighted by molar-refractivity contribution is 5.43. The Hall–Kier alpha value is -1.92. The van der Waals surface area contributed by atoms with Gasteiger partial charge >= 0.3 is 5.97 Å². The second-order valence-corrected chi connectivity index (χ2v) is 4.83. The summed E-state index contributed by atoms with van der Waals surface area (Å²) in [6.07, 6.45) is 0. The SMILES string of the molecule is OC1(O)Oc2ccccc2C(O)(O)C1c1ccccc1. The summed E-state index contributed by atoms with van der Waals surface area (Å²) in [5.74, 6) is -6.61. The average molecular weight is 274 g/mol. The molecule has 0 spiro atoms. The molecule has 0 amide bonds. The lowest BCUT2D eigenvalue weighted by Gasteiger charge is -2.44. The Balaban J connectivity index is 2.19. The Morgan fingerprint density at radius 3 is 2.10 bits per heavy atom. The molecule has 0 saturated heterocycles. The number of hydrogen-bond acceptors (Lipinski definition) is 5. The van der Waals surface area contributed by atoms with Crippen LogP contribution in [0.4, 0.5) is 0 Å². The second kappa shape index (κ2) is 4.29. The van der Waals surface area contributed by atoms with E-state index in [4.69, 9.17) is 4.74 Å². The highest BCUT2D eigenvalue weighted by atomic mass is 16.8. The van der Waals surface area contributed by atoms with Crippen molar-refractivity contribution in [2.45, 2.75) is 17.7 Å². The van der Waals surface area contributed by atoms with E-state index in [2.05, 4.69) is 0 Å². The van der Waals surface area contributed by atoms with Crippen LogP contribution in [0.15, 0.2) is 54.6 Å². The van der Waals surface area contributed by atoms with E-state index in [1.807, 2.05) is 0 Å². The van der Waals surface area contributed by atoms with Crippen LogP contribution in [-0.2, 0) is 5.79 Å². The summed E-state index contributed by atoms with van der Waals surface area (Å²) < 4.78 is 5.11. The van der Waals surface area contributed by atoms with Crippen LogP contribution in [0.1, 0.15) is 17.0 Å². The molecule has 2 aromatic carbocycles. The number of ether oxygens (including phenoxy) is 1. The molecule has 5 heteroatoms. The monoisotopic (exact) mass is 274 g/mol. The molecule has 0 radical (unpaired) electrons. The van der Waals surface area contributed by atoms with Gasteiger partial charge in [0.25, 0.3) is 0 Å². The minimum absolute atomic E-state index is 0.0229. The van der Waals surface area contributed by atoms with Crippen LogP contribution >= 0.6 is 0 Å². The first kappa shape index (κ1) is 13.1. The van der Waals surface area contributed by atoms with Crippen LogP contribution in [-0.4, -0.2) is 26.4 Å². The van der Waals surface area contributed by atoms with E-state index < -0.39 is 17.7 Å². The molecule has 20 heavy (non-hydrogen) atoms. The summed E-state index contributed by atoms with van der Waals surface area (Å²) in [4.78, 5) is 0. The van der Waals surface area contributed by atoms with Crippen molar-refractivity contribution in [1.82, 2.24) is 0 Å². The predicted molar refractivity (Wildman–Crippen MR) is 69.5 cm³/mol. The van der Waals surface area contributed by atoms with Crippen LogP contribution in [0.5, 0.6) is 5.75 Å². The molecule has 104 valence electrons. The van der Waals surface area contributed by atoms with Crippen LogP contribution < -0.4 is 4.74 Å². The lowest BCUT2D eigenvalue weighted by Crippen LogP contribution is -2.55. The van der Waals surface area contributed by atoms with Crippen molar-refractivity contribution in [3.63, 3.8) is 0 Å². The summed E-state index contributed by atoms with van der Waals surface area (Å²) in [7, 11) is 0. The zero-order valence-electron chi connectivity index (χ0n) is 10.5. The lowest BCUT2D eigenvalue weighted by atomic mass is 9.81. The Kier molecular flexibility index (Phi) is 2.81. The summed E-state index contributed by atoms with van der Waals surface area (Å²) in [5, 5.41) is 41.0. The van der Waals surface area contributed by atoms with Gasteiger partial charge in [-0.25, -0.2) is 0 Å². The minimum Gasteiger partial charge on any atom is -0.438 e. The van der Waals surface area contributed by atoms with E-state index in [1.54, 1.807) is 42.5 Å². The molecule has 2 aromatic rings. The van der Waals surface area contributed by atoms with Gasteiger partial charge in [-0.2, -0.15) is 0 Å². The molecule has 1 aliphatic heterocycles. The first-order valence-corrected chi connectivity index (χ1v) is 6.16. The van der Waals surface area contributed by atoms with Crippen LogP contribution in [0.25, 0.3) is 0 Å². The third-order valence-electron chi connectivity index (χ3n) is 3.46. The summed E-state index contributed by atoms with van der Waals surface area (Å²) >= 11 is 0. The van der Waals surface area contributed by atoms with Crippen molar-refractivity contribution in [3.8, 4) is 5.75 Å². The highest BCUT2D eigenvalue weighted by Crippen LogP contribution is 2.49. The molecule has 4 N–H and O–H groups in total. The normalized spacial score (nSPS) is 22.7. The van der Waals surface area contributed by atoms with Gasteiger partial charge in [0.1, 0.15) is 11.7 Å². The third kappa shape index (κ3) is 1.88. The zero-order chi connectivity index (χ0) is 14.4. The number of aliphatic hydroxyl groups is 4. The van der Waals surface area contributed by atoms with Gasteiger partial charge in [0.2, 0.25) is 5.79 Å². The fourth-order valence-corrected chi connectivity index (χ4v) is 2.59. The van der Waals surface area contributed by atoms with Crippen molar-refractivity contribution in [1.29, 1.82) is 0 Å². The molecule has 0 fully saturated rings. The van der Waals surface area contributed by atoms with Crippen LogP contribution in [0, 0.1) is 0 Å². The van der Waals surface area contributed by atoms with Gasteiger partial charge in [-0.15, -0.1) is 0 Å². The fraction of sp³-hybridized carbons (Fsp3) is 0.200. The first-order chi connectivity index (χ1) is 9.43. The van der Waals surface area contributed by atoms with Gasteiger partial charge in [-0.05, 0) is 17.7 Å². The van der Waals surface area contributed by atoms with E-state index in [0.29, 0.717) is 5.56 Å². The smallest absolute Gasteiger partial charge is 0.334 e. The molecule has 5 nitrogen and oxygen atoms in total. The molecule has 1 unspecified atom stereocenters. The average Bonchev–Trinajstić information content (AvgIpc) is 2.38. The van der Waals surface area contributed by atoms with Crippen molar-refractivity contribution in [2.75, 3.05) is 0 Å².